The van der Waals surface area contributed by atoms with Crippen molar-refractivity contribution in [2.24, 2.45) is 0 Å². The molecule has 1 fully saturated rings. The molecule has 2 N–H and O–H groups in total. The molecule has 5 heteroatoms. The molecule has 2 rings (SSSR count). The van der Waals surface area contributed by atoms with Crippen molar-refractivity contribution in [2.75, 3.05) is 6.54 Å². The molecule has 0 aromatic heterocycles. The number of nitriles is 1. The van der Waals surface area contributed by atoms with Crippen molar-refractivity contribution in [1.82, 2.24) is 10.6 Å². The van der Waals surface area contributed by atoms with Gasteiger partial charge in [-0.1, -0.05) is 6.92 Å². The van der Waals surface area contributed by atoms with Gasteiger partial charge in [-0.3, -0.25) is 9.59 Å². The molecular weight excluding hydrogens is 266 g/mol. The molecule has 0 spiro atoms. The average Bonchev–Trinajstić information content (AvgIpc) is 2.48. The van der Waals surface area contributed by atoms with E-state index in [2.05, 4.69) is 17.6 Å². The molecule has 1 aliphatic carbocycles. The van der Waals surface area contributed by atoms with Gasteiger partial charge in [0.15, 0.2) is 0 Å². The van der Waals surface area contributed by atoms with Crippen molar-refractivity contribution in [3.05, 3.63) is 35.4 Å². The van der Waals surface area contributed by atoms with Crippen molar-refractivity contribution >= 4 is 11.8 Å². The first-order valence-corrected chi connectivity index (χ1v) is 7.18. The van der Waals surface area contributed by atoms with Crippen molar-refractivity contribution in [3.8, 4) is 6.07 Å². The maximum Gasteiger partial charge on any atom is 0.251 e. The molecule has 0 bridgehead atoms. The van der Waals surface area contributed by atoms with Crippen LogP contribution in [-0.4, -0.2) is 23.9 Å². The standard InChI is InChI=1S/C16H19N3O2/c1-2-16(8-3-9-16)19-14(20)11-18-15(21)13-6-4-12(10-17)5-7-13/h4-7H,2-3,8-9,11H2,1H3,(H,18,21)(H,19,20). The summed E-state index contributed by atoms with van der Waals surface area (Å²) in [6.07, 6.45) is 4.09. The van der Waals surface area contributed by atoms with Crippen LogP contribution < -0.4 is 10.6 Å². The van der Waals surface area contributed by atoms with E-state index < -0.39 is 0 Å². The van der Waals surface area contributed by atoms with E-state index in [-0.39, 0.29) is 23.9 Å². The lowest BCUT2D eigenvalue weighted by atomic mass is 9.75. The Hall–Kier alpha value is -2.35. The summed E-state index contributed by atoms with van der Waals surface area (Å²) in [7, 11) is 0. The van der Waals surface area contributed by atoms with Crippen LogP contribution in [0, 0.1) is 11.3 Å². The van der Waals surface area contributed by atoms with E-state index in [0.29, 0.717) is 11.1 Å². The summed E-state index contributed by atoms with van der Waals surface area (Å²) in [6, 6.07) is 8.30. The Morgan fingerprint density at radius 1 is 1.29 bits per heavy atom. The van der Waals surface area contributed by atoms with Crippen molar-refractivity contribution in [3.63, 3.8) is 0 Å². The number of hydrogen-bond donors (Lipinski definition) is 2. The Morgan fingerprint density at radius 2 is 1.95 bits per heavy atom. The third-order valence-electron chi connectivity index (χ3n) is 4.08. The highest BCUT2D eigenvalue weighted by Gasteiger charge is 2.36. The zero-order valence-corrected chi connectivity index (χ0v) is 12.1. The van der Waals surface area contributed by atoms with Gasteiger partial charge in [0.25, 0.3) is 5.91 Å². The fourth-order valence-corrected chi connectivity index (χ4v) is 2.47. The monoisotopic (exact) mass is 285 g/mol. The van der Waals surface area contributed by atoms with Gasteiger partial charge in [-0.25, -0.2) is 0 Å². The van der Waals surface area contributed by atoms with Crippen molar-refractivity contribution < 1.29 is 9.59 Å². The average molecular weight is 285 g/mol. The summed E-state index contributed by atoms with van der Waals surface area (Å²) in [5, 5.41) is 14.3. The summed E-state index contributed by atoms with van der Waals surface area (Å²) < 4.78 is 0. The van der Waals surface area contributed by atoms with Gasteiger partial charge in [-0.2, -0.15) is 5.26 Å². The number of nitrogens with one attached hydrogen (secondary N) is 2. The molecule has 0 aliphatic heterocycles. The van der Waals surface area contributed by atoms with Gasteiger partial charge < -0.3 is 10.6 Å². The summed E-state index contributed by atoms with van der Waals surface area (Å²) in [6.45, 7) is 2.04. The van der Waals surface area contributed by atoms with Crippen LogP contribution in [0.3, 0.4) is 0 Å². The highest BCUT2D eigenvalue weighted by molar-refractivity contribution is 5.96. The van der Waals surface area contributed by atoms with Crippen LogP contribution in [0.15, 0.2) is 24.3 Å². The highest BCUT2D eigenvalue weighted by atomic mass is 16.2. The minimum atomic E-state index is -0.311. The molecule has 1 aromatic rings. The Bertz CT molecular complexity index is 563. The van der Waals surface area contributed by atoms with Gasteiger partial charge in [0, 0.05) is 11.1 Å². The summed E-state index contributed by atoms with van der Waals surface area (Å²) in [5.74, 6) is -0.465. The second-order valence-electron chi connectivity index (χ2n) is 5.41. The van der Waals surface area contributed by atoms with Gasteiger partial charge in [-0.15, -0.1) is 0 Å². The van der Waals surface area contributed by atoms with Gasteiger partial charge in [0.2, 0.25) is 5.91 Å². The van der Waals surface area contributed by atoms with E-state index in [1.54, 1.807) is 24.3 Å². The van der Waals surface area contributed by atoms with Crippen LogP contribution in [-0.2, 0) is 4.79 Å². The highest BCUT2D eigenvalue weighted by Crippen LogP contribution is 2.34. The number of amides is 2. The molecule has 5 nitrogen and oxygen atoms in total. The van der Waals surface area contributed by atoms with Gasteiger partial charge in [0.1, 0.15) is 0 Å². The van der Waals surface area contributed by atoms with Crippen LogP contribution in [0.1, 0.15) is 48.5 Å². The lowest BCUT2D eigenvalue weighted by Gasteiger charge is -2.42. The van der Waals surface area contributed by atoms with Crippen LogP contribution >= 0.6 is 0 Å². The number of nitrogens with zero attached hydrogens (tertiary/aromatic N) is 1. The van der Waals surface area contributed by atoms with Crippen LogP contribution in [0.25, 0.3) is 0 Å². The molecule has 110 valence electrons. The molecule has 1 aliphatic rings. The SMILES string of the molecule is CCC1(NC(=O)CNC(=O)c2ccc(C#N)cc2)CCC1. The summed E-state index contributed by atoms with van der Waals surface area (Å²) in [4.78, 5) is 23.8. The van der Waals surface area contributed by atoms with Crippen molar-refractivity contribution in [2.45, 2.75) is 38.1 Å². The Labute approximate surface area is 124 Å². The molecule has 21 heavy (non-hydrogen) atoms. The molecule has 0 atom stereocenters. The lowest BCUT2D eigenvalue weighted by molar-refractivity contribution is -0.123. The number of carbonyl (C=O) groups is 2. The molecule has 0 radical (unpaired) electrons. The van der Waals surface area contributed by atoms with E-state index in [4.69, 9.17) is 5.26 Å². The zero-order valence-electron chi connectivity index (χ0n) is 12.1. The lowest BCUT2D eigenvalue weighted by Crippen LogP contribution is -2.55. The predicted octanol–water partition coefficient (Wildman–Crippen LogP) is 1.74. The maximum atomic E-state index is 11.9. The summed E-state index contributed by atoms with van der Waals surface area (Å²) >= 11 is 0. The van der Waals surface area contributed by atoms with E-state index in [1.807, 2.05) is 6.07 Å². The van der Waals surface area contributed by atoms with Crippen LogP contribution in [0.4, 0.5) is 0 Å². The molecule has 2 amide bonds. The van der Waals surface area contributed by atoms with Gasteiger partial charge in [-0.05, 0) is 49.9 Å². The third kappa shape index (κ3) is 3.60. The second-order valence-corrected chi connectivity index (χ2v) is 5.41. The van der Waals surface area contributed by atoms with Gasteiger partial charge >= 0.3 is 0 Å². The summed E-state index contributed by atoms with van der Waals surface area (Å²) in [5.41, 5.74) is 0.880. The fraction of sp³-hybridized carbons (Fsp3) is 0.438. The smallest absolute Gasteiger partial charge is 0.251 e. The van der Waals surface area contributed by atoms with E-state index in [0.717, 1.165) is 25.7 Å². The first kappa shape index (κ1) is 15.0. The quantitative estimate of drug-likeness (QED) is 0.864. The topological polar surface area (TPSA) is 82.0 Å². The molecule has 0 saturated heterocycles. The number of hydrogen-bond acceptors (Lipinski definition) is 3. The number of benzene rings is 1. The fourth-order valence-electron chi connectivity index (χ4n) is 2.47. The third-order valence-corrected chi connectivity index (χ3v) is 4.08. The molecule has 1 aromatic carbocycles. The van der Waals surface area contributed by atoms with E-state index in [1.165, 1.54) is 0 Å². The van der Waals surface area contributed by atoms with E-state index in [9.17, 15) is 9.59 Å². The number of rotatable bonds is 5. The van der Waals surface area contributed by atoms with Crippen LogP contribution in [0.2, 0.25) is 0 Å². The molecule has 1 saturated carbocycles. The molecule has 0 unspecified atom stereocenters. The minimum absolute atomic E-state index is 0.0272. The maximum absolute atomic E-state index is 11.9. The first-order valence-electron chi connectivity index (χ1n) is 7.18. The van der Waals surface area contributed by atoms with E-state index >= 15 is 0 Å². The Morgan fingerprint density at radius 3 is 2.43 bits per heavy atom. The largest absolute Gasteiger partial charge is 0.349 e. The van der Waals surface area contributed by atoms with Crippen molar-refractivity contribution in [1.29, 1.82) is 5.26 Å². The Kier molecular flexibility index (Phi) is 4.59. The van der Waals surface area contributed by atoms with Crippen LogP contribution in [0.5, 0.6) is 0 Å². The second kappa shape index (κ2) is 6.40. The minimum Gasteiger partial charge on any atom is -0.349 e. The number of carbonyl (C=O) groups excluding carboxylic acids is 2. The predicted molar refractivity (Wildman–Crippen MR) is 78.5 cm³/mol. The normalized spacial score (nSPS) is 15.4. The first-order chi connectivity index (χ1) is 10.1. The molecular formula is C16H19N3O2. The zero-order chi connectivity index (χ0) is 15.3. The van der Waals surface area contributed by atoms with Gasteiger partial charge in [0.05, 0.1) is 18.2 Å². The Balaban J connectivity index is 1.83. The molecule has 0 heterocycles.